The van der Waals surface area contributed by atoms with Crippen LogP contribution < -0.4 is 4.74 Å². The van der Waals surface area contributed by atoms with Gasteiger partial charge < -0.3 is 4.74 Å². The van der Waals surface area contributed by atoms with Gasteiger partial charge in [-0.05, 0) is 24.6 Å². The second kappa shape index (κ2) is 6.89. The molecule has 0 aliphatic heterocycles. The maximum atomic E-state index is 5.41. The first-order valence-corrected chi connectivity index (χ1v) is 7.29. The van der Waals surface area contributed by atoms with Gasteiger partial charge in [-0.3, -0.25) is 0 Å². The minimum absolute atomic E-state index is 0.818. The third-order valence-corrected chi connectivity index (χ3v) is 3.30. The number of aryl methyl sites for hydroxylation is 1. The topological polar surface area (TPSA) is 22.1 Å². The van der Waals surface area contributed by atoms with Crippen LogP contribution in [0.1, 0.15) is 19.4 Å². The van der Waals surface area contributed by atoms with Gasteiger partial charge in [-0.1, -0.05) is 56.3 Å². The van der Waals surface area contributed by atoms with E-state index < -0.39 is 0 Å². The summed E-state index contributed by atoms with van der Waals surface area (Å²) in [5.74, 6) is 0.818. The Morgan fingerprint density at radius 1 is 0.905 bits per heavy atom. The molecule has 0 N–H and O–H groups in total. The van der Waals surface area contributed by atoms with Crippen molar-refractivity contribution in [3.05, 3.63) is 60.2 Å². The molecule has 21 heavy (non-hydrogen) atoms. The van der Waals surface area contributed by atoms with E-state index in [9.17, 15) is 0 Å². The number of nitrogens with zero attached hydrogens (tertiary/aromatic N) is 1. The molecule has 0 saturated heterocycles. The Kier molecular flexibility index (Phi) is 4.94. The number of methoxy groups -OCH3 is 1. The van der Waals surface area contributed by atoms with Gasteiger partial charge in [0.1, 0.15) is 11.3 Å². The summed E-state index contributed by atoms with van der Waals surface area (Å²) in [6, 6.07) is 18.4. The number of fused-ring (bicyclic) bond motifs is 1. The number of para-hydroxylation sites is 1. The SMILES string of the molecule is CC.COc1cccc2c(C)cc(-c3ccccc3)nc12. The summed E-state index contributed by atoms with van der Waals surface area (Å²) in [6.07, 6.45) is 0. The van der Waals surface area contributed by atoms with E-state index in [0.29, 0.717) is 0 Å². The number of aromatic nitrogens is 1. The van der Waals surface area contributed by atoms with Crippen molar-refractivity contribution < 1.29 is 4.74 Å². The average Bonchev–Trinajstić information content (AvgIpc) is 2.57. The molecule has 0 radical (unpaired) electrons. The first kappa shape index (κ1) is 15.0. The fraction of sp³-hybridized carbons (Fsp3) is 0.211. The highest BCUT2D eigenvalue weighted by Gasteiger charge is 2.08. The minimum Gasteiger partial charge on any atom is -0.494 e. The monoisotopic (exact) mass is 279 g/mol. The van der Waals surface area contributed by atoms with E-state index in [2.05, 4.69) is 31.2 Å². The summed E-state index contributed by atoms with van der Waals surface area (Å²) < 4.78 is 5.41. The van der Waals surface area contributed by atoms with Crippen molar-refractivity contribution in [1.29, 1.82) is 0 Å². The van der Waals surface area contributed by atoms with Crippen molar-refractivity contribution in [2.45, 2.75) is 20.8 Å². The van der Waals surface area contributed by atoms with Gasteiger partial charge in [0.05, 0.1) is 12.8 Å². The fourth-order valence-electron chi connectivity index (χ4n) is 2.31. The lowest BCUT2D eigenvalue weighted by atomic mass is 10.0. The molecule has 2 heteroatoms. The summed E-state index contributed by atoms with van der Waals surface area (Å²) in [5, 5.41) is 1.14. The Morgan fingerprint density at radius 3 is 2.29 bits per heavy atom. The predicted octanol–water partition coefficient (Wildman–Crippen LogP) is 5.25. The largest absolute Gasteiger partial charge is 0.494 e. The summed E-state index contributed by atoms with van der Waals surface area (Å²) in [7, 11) is 1.68. The van der Waals surface area contributed by atoms with Crippen molar-refractivity contribution in [3.63, 3.8) is 0 Å². The summed E-state index contributed by atoms with van der Waals surface area (Å²) in [6.45, 7) is 6.11. The number of benzene rings is 2. The standard InChI is InChI=1S/C17H15NO.C2H6/c1-12-11-15(13-7-4-3-5-8-13)18-17-14(12)9-6-10-16(17)19-2;1-2/h3-11H,1-2H3;1-2H3. The Bertz CT molecular complexity index is 720. The zero-order chi connectivity index (χ0) is 15.2. The van der Waals surface area contributed by atoms with Gasteiger partial charge in [-0.15, -0.1) is 0 Å². The van der Waals surface area contributed by atoms with Crippen LogP contribution in [-0.2, 0) is 0 Å². The number of hydrogen-bond acceptors (Lipinski definition) is 2. The van der Waals surface area contributed by atoms with Gasteiger partial charge in [0.2, 0.25) is 0 Å². The van der Waals surface area contributed by atoms with Crippen molar-refractivity contribution in [3.8, 4) is 17.0 Å². The van der Waals surface area contributed by atoms with E-state index in [-0.39, 0.29) is 0 Å². The molecular weight excluding hydrogens is 258 g/mol. The normalized spacial score (nSPS) is 9.90. The lowest BCUT2D eigenvalue weighted by Gasteiger charge is -2.09. The van der Waals surface area contributed by atoms with E-state index in [1.165, 1.54) is 5.56 Å². The van der Waals surface area contributed by atoms with Crippen LogP contribution in [0.3, 0.4) is 0 Å². The zero-order valence-electron chi connectivity index (χ0n) is 13.1. The van der Waals surface area contributed by atoms with Crippen molar-refractivity contribution in [2.75, 3.05) is 7.11 Å². The third kappa shape index (κ3) is 3.05. The minimum atomic E-state index is 0.818. The van der Waals surface area contributed by atoms with Crippen LogP contribution in [-0.4, -0.2) is 12.1 Å². The Morgan fingerprint density at radius 2 is 1.62 bits per heavy atom. The van der Waals surface area contributed by atoms with Crippen LogP contribution in [0.2, 0.25) is 0 Å². The Labute approximate surface area is 126 Å². The van der Waals surface area contributed by atoms with Crippen LogP contribution in [0.5, 0.6) is 5.75 Å². The molecule has 0 unspecified atom stereocenters. The van der Waals surface area contributed by atoms with E-state index in [0.717, 1.165) is 27.9 Å². The van der Waals surface area contributed by atoms with Gasteiger partial charge in [0.15, 0.2) is 0 Å². The Balaban J connectivity index is 0.000000774. The van der Waals surface area contributed by atoms with Gasteiger partial charge in [-0.2, -0.15) is 0 Å². The molecular formula is C19H21NO. The van der Waals surface area contributed by atoms with Crippen molar-refractivity contribution in [2.24, 2.45) is 0 Å². The second-order valence-electron chi connectivity index (χ2n) is 4.55. The molecule has 2 aromatic carbocycles. The summed E-state index contributed by atoms with van der Waals surface area (Å²) in [4.78, 5) is 4.75. The first-order valence-electron chi connectivity index (χ1n) is 7.29. The lowest BCUT2D eigenvalue weighted by molar-refractivity contribution is 0.419. The van der Waals surface area contributed by atoms with E-state index in [1.807, 2.05) is 44.2 Å². The molecule has 0 fully saturated rings. The van der Waals surface area contributed by atoms with E-state index in [1.54, 1.807) is 7.11 Å². The first-order chi connectivity index (χ1) is 10.3. The highest BCUT2D eigenvalue weighted by molar-refractivity contribution is 5.89. The number of ether oxygens (including phenoxy) is 1. The molecule has 0 amide bonds. The van der Waals surface area contributed by atoms with E-state index >= 15 is 0 Å². The van der Waals surface area contributed by atoms with Gasteiger partial charge in [0.25, 0.3) is 0 Å². The van der Waals surface area contributed by atoms with Gasteiger partial charge >= 0.3 is 0 Å². The smallest absolute Gasteiger partial charge is 0.145 e. The predicted molar refractivity (Wildman–Crippen MR) is 89.8 cm³/mol. The van der Waals surface area contributed by atoms with Crippen LogP contribution in [0.15, 0.2) is 54.6 Å². The van der Waals surface area contributed by atoms with Crippen LogP contribution in [0, 0.1) is 6.92 Å². The molecule has 0 saturated carbocycles. The molecule has 0 spiro atoms. The number of rotatable bonds is 2. The average molecular weight is 279 g/mol. The lowest BCUT2D eigenvalue weighted by Crippen LogP contribution is -1.92. The molecule has 3 aromatic rings. The van der Waals surface area contributed by atoms with Gasteiger partial charge in [-0.25, -0.2) is 4.98 Å². The third-order valence-electron chi connectivity index (χ3n) is 3.30. The molecule has 1 heterocycles. The maximum Gasteiger partial charge on any atom is 0.145 e. The van der Waals surface area contributed by atoms with Crippen molar-refractivity contribution in [1.82, 2.24) is 4.98 Å². The fourth-order valence-corrected chi connectivity index (χ4v) is 2.31. The molecule has 0 atom stereocenters. The van der Waals surface area contributed by atoms with E-state index in [4.69, 9.17) is 9.72 Å². The summed E-state index contributed by atoms with van der Waals surface area (Å²) >= 11 is 0. The highest BCUT2D eigenvalue weighted by Crippen LogP contribution is 2.29. The molecule has 108 valence electrons. The maximum absolute atomic E-state index is 5.41. The van der Waals surface area contributed by atoms with Gasteiger partial charge in [0, 0.05) is 10.9 Å². The second-order valence-corrected chi connectivity index (χ2v) is 4.55. The summed E-state index contributed by atoms with van der Waals surface area (Å²) in [5.41, 5.74) is 4.24. The zero-order valence-corrected chi connectivity index (χ0v) is 13.1. The molecule has 3 rings (SSSR count). The van der Waals surface area contributed by atoms with Crippen LogP contribution in [0.25, 0.3) is 22.2 Å². The Hall–Kier alpha value is -2.35. The number of pyridine rings is 1. The van der Waals surface area contributed by atoms with Crippen LogP contribution in [0.4, 0.5) is 0 Å². The molecule has 0 aliphatic rings. The molecule has 2 nitrogen and oxygen atoms in total. The molecule has 0 bridgehead atoms. The number of hydrogen-bond donors (Lipinski definition) is 0. The van der Waals surface area contributed by atoms with Crippen molar-refractivity contribution >= 4 is 10.9 Å². The quantitative estimate of drug-likeness (QED) is 0.639. The highest BCUT2D eigenvalue weighted by atomic mass is 16.5. The van der Waals surface area contributed by atoms with Crippen LogP contribution >= 0.6 is 0 Å². The molecule has 0 aliphatic carbocycles. The molecule has 1 aromatic heterocycles.